The molecule has 32 heavy (non-hydrogen) atoms. The Balaban J connectivity index is 2.09. The summed E-state index contributed by atoms with van der Waals surface area (Å²) < 4.78 is 5.43. The third-order valence-corrected chi connectivity index (χ3v) is 6.86. The first-order valence-electron chi connectivity index (χ1n) is 11.1. The summed E-state index contributed by atoms with van der Waals surface area (Å²) in [7, 11) is 2.05. The smallest absolute Gasteiger partial charge is 0.338 e. The largest absolute Gasteiger partial charge is 0.463 e. The summed E-state index contributed by atoms with van der Waals surface area (Å²) in [5, 5.41) is 3.71. The fourth-order valence-electron chi connectivity index (χ4n) is 4.47. The number of hydrogen-bond acceptors (Lipinski definition) is 4. The number of halogens is 2. The van der Waals surface area contributed by atoms with Gasteiger partial charge in [-0.25, -0.2) is 9.59 Å². The van der Waals surface area contributed by atoms with Crippen molar-refractivity contribution in [3.05, 3.63) is 57.7 Å². The van der Waals surface area contributed by atoms with Gasteiger partial charge in [0.1, 0.15) is 0 Å². The van der Waals surface area contributed by atoms with E-state index in [1.807, 2.05) is 0 Å². The van der Waals surface area contributed by atoms with E-state index in [9.17, 15) is 9.59 Å². The predicted octanol–water partition coefficient (Wildman–Crippen LogP) is 5.33. The van der Waals surface area contributed by atoms with Crippen LogP contribution in [0.15, 0.2) is 42.1 Å². The van der Waals surface area contributed by atoms with Gasteiger partial charge >= 0.3 is 12.0 Å². The number of urea groups is 1. The molecule has 1 aliphatic heterocycles. The molecule has 2 aliphatic rings. The maximum atomic E-state index is 13.2. The topological polar surface area (TPSA) is 61.9 Å². The van der Waals surface area contributed by atoms with Crippen LogP contribution in [0.2, 0.25) is 10.0 Å². The Kier molecular flexibility index (Phi) is 8.63. The first kappa shape index (κ1) is 24.6. The highest BCUT2D eigenvalue weighted by molar-refractivity contribution is 6.42. The third-order valence-electron chi connectivity index (χ3n) is 6.12. The molecule has 1 aliphatic carbocycles. The van der Waals surface area contributed by atoms with Crippen LogP contribution in [0.3, 0.4) is 0 Å². The molecule has 0 saturated heterocycles. The van der Waals surface area contributed by atoms with E-state index < -0.39 is 12.0 Å². The molecule has 0 radical (unpaired) electrons. The Bertz CT molecular complexity index is 896. The van der Waals surface area contributed by atoms with Crippen LogP contribution < -0.4 is 5.32 Å². The van der Waals surface area contributed by atoms with Crippen LogP contribution in [0.4, 0.5) is 4.79 Å². The second kappa shape index (κ2) is 11.2. The molecule has 1 unspecified atom stereocenters. The molecule has 8 heteroatoms. The molecule has 2 amide bonds. The fourth-order valence-corrected chi connectivity index (χ4v) is 4.78. The van der Waals surface area contributed by atoms with E-state index in [-0.39, 0.29) is 19.2 Å². The number of amides is 2. The molecule has 1 N–H and O–H groups in total. The van der Waals surface area contributed by atoms with Crippen molar-refractivity contribution in [1.29, 1.82) is 0 Å². The fraction of sp³-hybridized carbons (Fsp3) is 0.500. The number of nitrogens with zero attached hydrogens (tertiary/aromatic N) is 2. The van der Waals surface area contributed by atoms with Gasteiger partial charge in [-0.05, 0) is 44.5 Å². The molecule has 1 aromatic carbocycles. The van der Waals surface area contributed by atoms with E-state index >= 15 is 0 Å². The summed E-state index contributed by atoms with van der Waals surface area (Å²) in [5.41, 5.74) is 1.72. The van der Waals surface area contributed by atoms with Crippen LogP contribution >= 0.6 is 23.2 Å². The number of rotatable bonds is 8. The maximum absolute atomic E-state index is 13.2. The zero-order valence-corrected chi connectivity index (χ0v) is 20.2. The van der Waals surface area contributed by atoms with E-state index in [0.717, 1.165) is 12.8 Å². The van der Waals surface area contributed by atoms with Gasteiger partial charge in [0.15, 0.2) is 0 Å². The summed E-state index contributed by atoms with van der Waals surface area (Å²) >= 11 is 12.3. The second-order valence-electron chi connectivity index (χ2n) is 8.24. The van der Waals surface area contributed by atoms with E-state index in [4.69, 9.17) is 27.9 Å². The van der Waals surface area contributed by atoms with Crippen molar-refractivity contribution in [2.24, 2.45) is 0 Å². The Labute approximate surface area is 200 Å². The van der Waals surface area contributed by atoms with Crippen LogP contribution in [-0.4, -0.2) is 54.6 Å². The van der Waals surface area contributed by atoms with Crippen LogP contribution in [0.1, 0.15) is 50.6 Å². The number of nitrogens with one attached hydrogen (secondary N) is 1. The molecule has 1 atom stereocenters. The molecule has 174 valence electrons. The van der Waals surface area contributed by atoms with Gasteiger partial charge < -0.3 is 10.1 Å². The molecular formula is C24H31Cl2N3O3. The summed E-state index contributed by atoms with van der Waals surface area (Å²) in [6, 6.07) is 4.55. The number of likely N-dealkylation sites (N-methyl/N-ethyl adjacent to an activating group) is 1. The van der Waals surface area contributed by atoms with Crippen LogP contribution in [-0.2, 0) is 9.53 Å². The minimum Gasteiger partial charge on any atom is -0.463 e. The Hall–Kier alpha value is -2.02. The highest BCUT2D eigenvalue weighted by Crippen LogP contribution is 2.35. The SMILES string of the molecule is C=CCN1C(=O)NC(c2ccc(Cl)c(Cl)c2)C(C(=O)OCC)=C1CN(C)C1CCCCC1. The van der Waals surface area contributed by atoms with Gasteiger partial charge in [-0.1, -0.05) is 54.6 Å². The third kappa shape index (κ3) is 5.48. The number of benzene rings is 1. The van der Waals surface area contributed by atoms with Crippen LogP contribution in [0.25, 0.3) is 0 Å². The zero-order valence-electron chi connectivity index (χ0n) is 18.7. The van der Waals surface area contributed by atoms with Crippen molar-refractivity contribution in [2.75, 3.05) is 26.7 Å². The van der Waals surface area contributed by atoms with Gasteiger partial charge in [0.2, 0.25) is 0 Å². The van der Waals surface area contributed by atoms with Crippen LogP contribution in [0.5, 0.6) is 0 Å². The average molecular weight is 480 g/mol. The van der Waals surface area contributed by atoms with Crippen molar-refractivity contribution >= 4 is 35.2 Å². The molecular weight excluding hydrogens is 449 g/mol. The lowest BCUT2D eigenvalue weighted by Gasteiger charge is -2.39. The number of carbonyl (C=O) groups excluding carboxylic acids is 2. The minimum absolute atomic E-state index is 0.234. The lowest BCUT2D eigenvalue weighted by Crippen LogP contribution is -2.51. The first-order chi connectivity index (χ1) is 15.4. The first-order valence-corrected chi connectivity index (χ1v) is 11.9. The lowest BCUT2D eigenvalue weighted by atomic mass is 9.92. The molecule has 1 heterocycles. The number of hydrogen-bond donors (Lipinski definition) is 1. The summed E-state index contributed by atoms with van der Waals surface area (Å²) in [4.78, 5) is 30.1. The summed E-state index contributed by atoms with van der Waals surface area (Å²) in [5.74, 6) is -0.454. The Morgan fingerprint density at radius 1 is 1.28 bits per heavy atom. The second-order valence-corrected chi connectivity index (χ2v) is 9.06. The Morgan fingerprint density at radius 2 is 2.00 bits per heavy atom. The normalized spacial score (nSPS) is 19.8. The van der Waals surface area contributed by atoms with Crippen LogP contribution in [0, 0.1) is 0 Å². The van der Waals surface area contributed by atoms with Gasteiger partial charge in [0.25, 0.3) is 0 Å². The molecule has 0 bridgehead atoms. The zero-order chi connectivity index (χ0) is 23.3. The number of ether oxygens (including phenoxy) is 1. The highest BCUT2D eigenvalue weighted by Gasteiger charge is 2.38. The molecule has 0 spiro atoms. The monoisotopic (exact) mass is 479 g/mol. The average Bonchev–Trinajstić information content (AvgIpc) is 2.78. The van der Waals surface area contributed by atoms with Crippen molar-refractivity contribution in [3.63, 3.8) is 0 Å². The number of esters is 1. The van der Waals surface area contributed by atoms with Crippen molar-refractivity contribution in [3.8, 4) is 0 Å². The molecule has 6 nitrogen and oxygen atoms in total. The molecule has 1 saturated carbocycles. The van der Waals surface area contributed by atoms with Gasteiger partial charge in [0, 0.05) is 24.8 Å². The van der Waals surface area contributed by atoms with E-state index in [1.54, 1.807) is 36.1 Å². The molecule has 3 rings (SSSR count). The van der Waals surface area contributed by atoms with Crippen molar-refractivity contribution < 1.29 is 14.3 Å². The van der Waals surface area contributed by atoms with Gasteiger partial charge in [-0.2, -0.15) is 0 Å². The molecule has 1 aromatic rings. The number of carbonyl (C=O) groups is 2. The van der Waals surface area contributed by atoms with E-state index in [1.165, 1.54) is 19.3 Å². The highest BCUT2D eigenvalue weighted by atomic mass is 35.5. The molecule has 1 fully saturated rings. The van der Waals surface area contributed by atoms with E-state index in [0.29, 0.717) is 39.5 Å². The minimum atomic E-state index is -0.688. The van der Waals surface area contributed by atoms with Gasteiger partial charge in [0.05, 0.1) is 28.3 Å². The Morgan fingerprint density at radius 3 is 2.62 bits per heavy atom. The quantitative estimate of drug-likeness (QED) is 0.404. The van der Waals surface area contributed by atoms with Crippen molar-refractivity contribution in [1.82, 2.24) is 15.1 Å². The van der Waals surface area contributed by atoms with Crippen molar-refractivity contribution in [2.45, 2.75) is 51.1 Å². The summed E-state index contributed by atoms with van der Waals surface area (Å²) in [6.45, 7) is 6.54. The maximum Gasteiger partial charge on any atom is 0.338 e. The summed E-state index contributed by atoms with van der Waals surface area (Å²) in [6.07, 6.45) is 7.53. The predicted molar refractivity (Wildman–Crippen MR) is 128 cm³/mol. The standard InChI is InChI=1S/C24H31Cl2N3O3/c1-4-13-29-20(15-28(3)17-9-7-6-8-10-17)21(23(30)32-5-2)22(27-24(29)31)16-11-12-18(25)19(26)14-16/h4,11-12,14,17,22H,1,5-10,13,15H2,2-3H3,(H,27,31). The molecule has 0 aromatic heterocycles. The van der Waals surface area contributed by atoms with Gasteiger partial charge in [-0.3, -0.25) is 9.80 Å². The van der Waals surface area contributed by atoms with E-state index in [2.05, 4.69) is 23.8 Å². The lowest BCUT2D eigenvalue weighted by molar-refractivity contribution is -0.139. The van der Waals surface area contributed by atoms with Gasteiger partial charge in [-0.15, -0.1) is 6.58 Å².